The number of fused-ring (bicyclic) bond motifs is 4. The van der Waals surface area contributed by atoms with Gasteiger partial charge in [-0.25, -0.2) is 9.97 Å². The molecule has 0 aliphatic heterocycles. The maximum Gasteiger partial charge on any atom is 0.253 e. The lowest BCUT2D eigenvalue weighted by Crippen LogP contribution is -2.10. The molecule has 0 radical (unpaired) electrons. The van der Waals surface area contributed by atoms with Gasteiger partial charge in [-0.1, -0.05) is 56.6 Å². The van der Waals surface area contributed by atoms with Crippen molar-refractivity contribution < 1.29 is 9.15 Å². The van der Waals surface area contributed by atoms with Gasteiger partial charge in [0.15, 0.2) is 12.3 Å². The van der Waals surface area contributed by atoms with Crippen molar-refractivity contribution >= 4 is 44.7 Å². The van der Waals surface area contributed by atoms with Gasteiger partial charge < -0.3 is 13.7 Å². The summed E-state index contributed by atoms with van der Waals surface area (Å²) in [4.78, 5) is 9.76. The fourth-order valence-corrected chi connectivity index (χ4v) is 4.48. The van der Waals surface area contributed by atoms with Crippen LogP contribution in [0.25, 0.3) is 33.1 Å². The third-order valence-corrected chi connectivity index (χ3v) is 6.43. The summed E-state index contributed by atoms with van der Waals surface area (Å²) in [5, 5.41) is 10.0. The van der Waals surface area contributed by atoms with Crippen molar-refractivity contribution in [1.82, 2.24) is 24.7 Å². The molecule has 0 aliphatic carbocycles. The minimum absolute atomic E-state index is 0.0920. The van der Waals surface area contributed by atoms with Crippen LogP contribution in [0.3, 0.4) is 0 Å². The average molecular weight is 498 g/mol. The molecular weight excluding hydrogens is 474 g/mol. The molecule has 0 bridgehead atoms. The van der Waals surface area contributed by atoms with Crippen LogP contribution in [-0.2, 0) is 18.6 Å². The SMILES string of the molecule is CC(C)(C)c1ccc(OCc2nnc(Cn3c4ccc(Cl)cc4c4nc5ccccc5nc43)o2)cc1. The smallest absolute Gasteiger partial charge is 0.253 e. The number of hydrogen-bond acceptors (Lipinski definition) is 6. The topological polar surface area (TPSA) is 78.9 Å². The normalized spacial score (nSPS) is 12.1. The van der Waals surface area contributed by atoms with Gasteiger partial charge in [0.2, 0.25) is 5.89 Å². The Kier molecular flexibility index (Phi) is 5.38. The highest BCUT2D eigenvalue weighted by Gasteiger charge is 2.18. The van der Waals surface area contributed by atoms with E-state index in [4.69, 9.17) is 30.7 Å². The van der Waals surface area contributed by atoms with Gasteiger partial charge in [-0.3, -0.25) is 0 Å². The largest absolute Gasteiger partial charge is 0.484 e. The van der Waals surface area contributed by atoms with Crippen molar-refractivity contribution in [1.29, 1.82) is 0 Å². The van der Waals surface area contributed by atoms with Crippen LogP contribution in [0.5, 0.6) is 5.75 Å². The number of ether oxygens (including phenoxy) is 1. The molecule has 0 fully saturated rings. The number of benzene rings is 3. The molecule has 36 heavy (non-hydrogen) atoms. The third-order valence-electron chi connectivity index (χ3n) is 6.20. The lowest BCUT2D eigenvalue weighted by molar-refractivity contribution is 0.258. The first kappa shape index (κ1) is 22.5. The van der Waals surface area contributed by atoms with E-state index >= 15 is 0 Å². The van der Waals surface area contributed by atoms with Crippen molar-refractivity contribution in [2.24, 2.45) is 0 Å². The summed E-state index contributed by atoms with van der Waals surface area (Å²) < 4.78 is 13.8. The number of aromatic nitrogens is 5. The van der Waals surface area contributed by atoms with Gasteiger partial charge in [0.1, 0.15) is 17.8 Å². The summed E-state index contributed by atoms with van der Waals surface area (Å²) in [7, 11) is 0. The Morgan fingerprint density at radius 2 is 1.61 bits per heavy atom. The van der Waals surface area contributed by atoms with E-state index in [9.17, 15) is 0 Å². The molecule has 0 saturated carbocycles. The van der Waals surface area contributed by atoms with Gasteiger partial charge in [-0.15, -0.1) is 10.2 Å². The van der Waals surface area contributed by atoms with E-state index in [1.165, 1.54) is 5.56 Å². The summed E-state index contributed by atoms with van der Waals surface area (Å²) in [6.07, 6.45) is 0. The van der Waals surface area contributed by atoms with Crippen LogP contribution in [0.2, 0.25) is 5.02 Å². The molecule has 0 N–H and O–H groups in total. The summed E-state index contributed by atoms with van der Waals surface area (Å²) in [5.41, 5.74) is 5.45. The first-order valence-electron chi connectivity index (χ1n) is 11.7. The van der Waals surface area contributed by atoms with Crippen molar-refractivity contribution in [3.8, 4) is 5.75 Å². The molecule has 3 aromatic carbocycles. The molecule has 6 aromatic rings. The highest BCUT2D eigenvalue weighted by atomic mass is 35.5. The second-order valence-electron chi connectivity index (χ2n) is 9.78. The first-order chi connectivity index (χ1) is 17.3. The standard InChI is InChI=1S/C28H24ClN5O2/c1-28(2,3)17-8-11-19(12-9-17)35-16-25-33-32-24(36-25)15-34-23-13-10-18(29)14-20(23)26-27(34)31-22-7-5-4-6-21(22)30-26/h4-14H,15-16H2,1-3H3. The number of para-hydroxylation sites is 2. The Morgan fingerprint density at radius 3 is 2.36 bits per heavy atom. The van der Waals surface area contributed by atoms with Gasteiger partial charge in [-0.2, -0.15) is 0 Å². The monoisotopic (exact) mass is 497 g/mol. The number of rotatable bonds is 5. The van der Waals surface area contributed by atoms with E-state index in [1.807, 2.05) is 59.2 Å². The molecule has 7 nitrogen and oxygen atoms in total. The summed E-state index contributed by atoms with van der Waals surface area (Å²) in [5.74, 6) is 1.62. The highest BCUT2D eigenvalue weighted by Crippen LogP contribution is 2.31. The maximum absolute atomic E-state index is 6.31. The quantitative estimate of drug-likeness (QED) is 0.264. The molecular formula is C28H24ClN5O2. The number of hydrogen-bond donors (Lipinski definition) is 0. The van der Waals surface area contributed by atoms with Crippen LogP contribution in [0, 0.1) is 0 Å². The van der Waals surface area contributed by atoms with E-state index < -0.39 is 0 Å². The second kappa shape index (κ2) is 8.60. The van der Waals surface area contributed by atoms with Gasteiger partial charge in [-0.05, 0) is 53.4 Å². The van der Waals surface area contributed by atoms with E-state index in [-0.39, 0.29) is 12.0 Å². The molecule has 0 atom stereocenters. The molecule has 3 heterocycles. The molecule has 180 valence electrons. The Labute approximate surface area is 212 Å². The van der Waals surface area contributed by atoms with Gasteiger partial charge in [0, 0.05) is 10.4 Å². The average Bonchev–Trinajstić information content (AvgIpc) is 3.43. The van der Waals surface area contributed by atoms with Crippen molar-refractivity contribution in [2.45, 2.75) is 39.3 Å². The van der Waals surface area contributed by atoms with Gasteiger partial charge >= 0.3 is 0 Å². The van der Waals surface area contributed by atoms with E-state index in [1.54, 1.807) is 0 Å². The summed E-state index contributed by atoms with van der Waals surface area (Å²) >= 11 is 6.31. The Hall–Kier alpha value is -3.97. The Morgan fingerprint density at radius 1 is 0.889 bits per heavy atom. The molecule has 0 unspecified atom stereocenters. The van der Waals surface area contributed by atoms with Crippen molar-refractivity contribution in [3.63, 3.8) is 0 Å². The predicted molar refractivity (Wildman–Crippen MR) is 140 cm³/mol. The maximum atomic E-state index is 6.31. The lowest BCUT2D eigenvalue weighted by atomic mass is 9.87. The van der Waals surface area contributed by atoms with Crippen LogP contribution in [0.1, 0.15) is 38.1 Å². The zero-order valence-corrected chi connectivity index (χ0v) is 21.0. The molecule has 3 aromatic heterocycles. The highest BCUT2D eigenvalue weighted by molar-refractivity contribution is 6.31. The Bertz CT molecular complexity index is 1710. The first-order valence-corrected chi connectivity index (χ1v) is 12.1. The van der Waals surface area contributed by atoms with Gasteiger partial charge in [0.25, 0.3) is 5.89 Å². The number of halogens is 1. The predicted octanol–water partition coefficient (Wildman–Crippen LogP) is 6.70. The molecule has 0 aliphatic rings. The molecule has 8 heteroatoms. The minimum atomic E-state index is 0.0920. The van der Waals surface area contributed by atoms with Crippen LogP contribution in [0.4, 0.5) is 0 Å². The fourth-order valence-electron chi connectivity index (χ4n) is 4.31. The third kappa shape index (κ3) is 4.16. The molecule has 0 spiro atoms. The van der Waals surface area contributed by atoms with Gasteiger partial charge in [0.05, 0.1) is 16.6 Å². The van der Waals surface area contributed by atoms with Crippen LogP contribution in [0.15, 0.2) is 71.1 Å². The van der Waals surface area contributed by atoms with Crippen LogP contribution < -0.4 is 4.74 Å². The van der Waals surface area contributed by atoms with Crippen molar-refractivity contribution in [2.75, 3.05) is 0 Å². The molecule has 6 rings (SSSR count). The van der Waals surface area contributed by atoms with Crippen LogP contribution in [-0.4, -0.2) is 24.7 Å². The Balaban J connectivity index is 1.29. The lowest BCUT2D eigenvalue weighted by Gasteiger charge is -2.19. The number of nitrogens with zero attached hydrogens (tertiary/aromatic N) is 5. The minimum Gasteiger partial charge on any atom is -0.484 e. The molecule has 0 amide bonds. The molecule has 0 saturated heterocycles. The van der Waals surface area contributed by atoms with Crippen molar-refractivity contribution in [3.05, 3.63) is 89.1 Å². The zero-order valence-electron chi connectivity index (χ0n) is 20.2. The second-order valence-corrected chi connectivity index (χ2v) is 10.2. The van der Waals surface area contributed by atoms with E-state index in [0.29, 0.717) is 23.3 Å². The summed E-state index contributed by atoms with van der Waals surface area (Å²) in [6, 6.07) is 21.6. The van der Waals surface area contributed by atoms with E-state index in [0.717, 1.165) is 38.8 Å². The summed E-state index contributed by atoms with van der Waals surface area (Å²) in [6.45, 7) is 7.09. The van der Waals surface area contributed by atoms with Crippen LogP contribution >= 0.6 is 11.6 Å². The zero-order chi connectivity index (χ0) is 24.9. The van der Waals surface area contributed by atoms with E-state index in [2.05, 4.69) is 43.1 Å². The fraction of sp³-hybridized carbons (Fsp3) is 0.214.